The Balaban J connectivity index is 1.91. The van der Waals surface area contributed by atoms with Crippen LogP contribution in [0.25, 0.3) is 0 Å². The highest BCUT2D eigenvalue weighted by atomic mass is 19.1. The third kappa shape index (κ3) is 3.85. The maximum absolute atomic E-state index is 13.3. The summed E-state index contributed by atoms with van der Waals surface area (Å²) in [6, 6.07) is 11.2. The largest absolute Gasteiger partial charge is 0.273 e. The van der Waals surface area contributed by atoms with Gasteiger partial charge >= 0.3 is 0 Å². The van der Waals surface area contributed by atoms with E-state index in [1.54, 1.807) is 6.07 Å². The van der Waals surface area contributed by atoms with E-state index in [0.717, 1.165) is 6.07 Å². The van der Waals surface area contributed by atoms with Crippen LogP contribution in [0.4, 0.5) is 8.78 Å². The zero-order valence-corrected chi connectivity index (χ0v) is 10.9. The first-order valence-corrected chi connectivity index (χ1v) is 6.15. The Morgan fingerprint density at radius 1 is 0.857 bits per heavy atom. The van der Waals surface area contributed by atoms with Gasteiger partial charge in [0.25, 0.3) is 5.91 Å². The van der Waals surface area contributed by atoms with E-state index in [2.05, 4.69) is 10.9 Å². The van der Waals surface area contributed by atoms with Crippen molar-refractivity contribution in [2.24, 2.45) is 0 Å². The Morgan fingerprint density at radius 3 is 2.14 bits per heavy atom. The summed E-state index contributed by atoms with van der Waals surface area (Å²) in [5, 5.41) is 0. The molecule has 0 spiro atoms. The predicted molar refractivity (Wildman–Crippen MR) is 72.1 cm³/mol. The van der Waals surface area contributed by atoms with Crippen LogP contribution in [-0.2, 0) is 11.2 Å². The zero-order chi connectivity index (χ0) is 15.2. The van der Waals surface area contributed by atoms with E-state index in [9.17, 15) is 18.4 Å². The second kappa shape index (κ2) is 6.60. The minimum atomic E-state index is -0.782. The van der Waals surface area contributed by atoms with Gasteiger partial charge in [0, 0.05) is 0 Å². The van der Waals surface area contributed by atoms with Crippen molar-refractivity contribution in [1.82, 2.24) is 10.9 Å². The van der Waals surface area contributed by atoms with E-state index in [-0.39, 0.29) is 17.5 Å². The van der Waals surface area contributed by atoms with Crippen LogP contribution >= 0.6 is 0 Å². The fourth-order valence-corrected chi connectivity index (χ4v) is 1.70. The number of hydrazine groups is 1. The first kappa shape index (κ1) is 14.6. The number of rotatable bonds is 3. The van der Waals surface area contributed by atoms with E-state index in [1.165, 1.54) is 36.4 Å². The number of amides is 2. The van der Waals surface area contributed by atoms with E-state index in [0.29, 0.717) is 0 Å². The van der Waals surface area contributed by atoms with Gasteiger partial charge < -0.3 is 0 Å². The van der Waals surface area contributed by atoms with E-state index < -0.39 is 23.4 Å². The average molecular weight is 290 g/mol. The maximum Gasteiger partial charge on any atom is 0.272 e. The Kier molecular flexibility index (Phi) is 4.61. The second-order valence-electron chi connectivity index (χ2n) is 4.25. The minimum absolute atomic E-state index is 0.191. The van der Waals surface area contributed by atoms with Crippen molar-refractivity contribution in [1.29, 1.82) is 0 Å². The number of carbonyl (C=O) groups excluding carboxylic acids is 2. The standard InChI is InChI=1S/C15H12F2N2O2/c16-12-7-3-1-5-10(12)9-14(20)18-19-15(21)11-6-2-4-8-13(11)17/h1-8H,9H2,(H,18,20)(H,19,21). The van der Waals surface area contributed by atoms with E-state index >= 15 is 0 Å². The Bertz CT molecular complexity index is 674. The Labute approximate surface area is 119 Å². The minimum Gasteiger partial charge on any atom is -0.273 e. The summed E-state index contributed by atoms with van der Waals surface area (Å²) in [6.45, 7) is 0. The molecule has 2 N–H and O–H groups in total. The van der Waals surface area contributed by atoms with Crippen LogP contribution < -0.4 is 10.9 Å². The first-order valence-electron chi connectivity index (χ1n) is 6.15. The van der Waals surface area contributed by atoms with Crippen LogP contribution in [-0.4, -0.2) is 11.8 Å². The molecule has 0 atom stereocenters. The van der Waals surface area contributed by atoms with Gasteiger partial charge in [-0.05, 0) is 23.8 Å². The third-order valence-corrected chi connectivity index (χ3v) is 2.74. The molecule has 0 bridgehead atoms. The maximum atomic E-state index is 13.3. The molecule has 0 aliphatic carbocycles. The van der Waals surface area contributed by atoms with Gasteiger partial charge in [-0.25, -0.2) is 8.78 Å². The molecular weight excluding hydrogens is 278 g/mol. The van der Waals surface area contributed by atoms with Gasteiger partial charge in [0.1, 0.15) is 11.6 Å². The van der Waals surface area contributed by atoms with Gasteiger partial charge in [-0.3, -0.25) is 20.4 Å². The lowest BCUT2D eigenvalue weighted by atomic mass is 10.1. The summed E-state index contributed by atoms with van der Waals surface area (Å²) in [6.07, 6.45) is -0.232. The molecule has 108 valence electrons. The lowest BCUT2D eigenvalue weighted by molar-refractivity contribution is -0.121. The van der Waals surface area contributed by atoms with Crippen LogP contribution in [0.2, 0.25) is 0 Å². The van der Waals surface area contributed by atoms with E-state index in [4.69, 9.17) is 0 Å². The first-order chi connectivity index (χ1) is 10.1. The molecule has 2 rings (SSSR count). The lowest BCUT2D eigenvalue weighted by Crippen LogP contribution is -2.42. The summed E-state index contributed by atoms with van der Waals surface area (Å²) in [7, 11) is 0. The Hall–Kier alpha value is -2.76. The molecule has 2 aromatic carbocycles. The summed E-state index contributed by atoms with van der Waals surface area (Å²) in [5.74, 6) is -2.59. The molecule has 21 heavy (non-hydrogen) atoms. The van der Waals surface area contributed by atoms with Crippen LogP contribution in [0.5, 0.6) is 0 Å². The molecule has 0 aliphatic heterocycles. The average Bonchev–Trinajstić information content (AvgIpc) is 2.48. The number of carbonyl (C=O) groups is 2. The SMILES string of the molecule is O=C(Cc1ccccc1F)NNC(=O)c1ccccc1F. The van der Waals surface area contributed by atoms with Gasteiger partial charge in [0.05, 0.1) is 12.0 Å². The summed E-state index contributed by atoms with van der Waals surface area (Å²) >= 11 is 0. The van der Waals surface area contributed by atoms with Crippen molar-refractivity contribution in [2.75, 3.05) is 0 Å². The molecule has 6 heteroatoms. The van der Waals surface area contributed by atoms with Crippen molar-refractivity contribution >= 4 is 11.8 Å². The number of benzene rings is 2. The highest BCUT2D eigenvalue weighted by Crippen LogP contribution is 2.07. The van der Waals surface area contributed by atoms with Crippen LogP contribution in [0, 0.1) is 11.6 Å². The predicted octanol–water partition coefficient (Wildman–Crippen LogP) is 1.97. The zero-order valence-electron chi connectivity index (χ0n) is 10.9. The molecule has 0 saturated carbocycles. The smallest absolute Gasteiger partial charge is 0.272 e. The number of halogens is 2. The van der Waals surface area contributed by atoms with Gasteiger partial charge in [0.2, 0.25) is 5.91 Å². The lowest BCUT2D eigenvalue weighted by Gasteiger charge is -2.08. The van der Waals surface area contributed by atoms with Crippen LogP contribution in [0.15, 0.2) is 48.5 Å². The fraction of sp³-hybridized carbons (Fsp3) is 0.0667. The van der Waals surface area contributed by atoms with E-state index in [1.807, 2.05) is 0 Å². The topological polar surface area (TPSA) is 58.2 Å². The summed E-state index contributed by atoms with van der Waals surface area (Å²) in [5.41, 5.74) is 4.20. The second-order valence-corrected chi connectivity index (χ2v) is 4.25. The van der Waals surface area contributed by atoms with Crippen molar-refractivity contribution < 1.29 is 18.4 Å². The van der Waals surface area contributed by atoms with Gasteiger partial charge in [-0.2, -0.15) is 0 Å². The van der Waals surface area contributed by atoms with Crippen molar-refractivity contribution in [3.8, 4) is 0 Å². The van der Waals surface area contributed by atoms with Gasteiger partial charge in [0.15, 0.2) is 0 Å². The summed E-state index contributed by atoms with van der Waals surface area (Å²) < 4.78 is 26.7. The molecule has 0 saturated heterocycles. The van der Waals surface area contributed by atoms with Crippen molar-refractivity contribution in [3.05, 3.63) is 71.3 Å². The van der Waals surface area contributed by atoms with Crippen molar-refractivity contribution in [2.45, 2.75) is 6.42 Å². The highest BCUT2D eigenvalue weighted by Gasteiger charge is 2.12. The monoisotopic (exact) mass is 290 g/mol. The molecule has 0 unspecified atom stereocenters. The molecule has 0 radical (unpaired) electrons. The highest BCUT2D eigenvalue weighted by molar-refractivity contribution is 5.95. The normalized spacial score (nSPS) is 10.0. The van der Waals surface area contributed by atoms with Gasteiger partial charge in [-0.1, -0.05) is 30.3 Å². The number of hydrogen-bond acceptors (Lipinski definition) is 2. The quantitative estimate of drug-likeness (QED) is 0.849. The van der Waals surface area contributed by atoms with Crippen molar-refractivity contribution in [3.63, 3.8) is 0 Å². The number of nitrogens with one attached hydrogen (secondary N) is 2. The molecule has 2 aromatic rings. The molecule has 0 fully saturated rings. The molecule has 2 amide bonds. The summed E-state index contributed by atoms with van der Waals surface area (Å²) in [4.78, 5) is 23.2. The van der Waals surface area contributed by atoms with Gasteiger partial charge in [-0.15, -0.1) is 0 Å². The molecule has 4 nitrogen and oxygen atoms in total. The third-order valence-electron chi connectivity index (χ3n) is 2.74. The number of hydrogen-bond donors (Lipinski definition) is 2. The fourth-order valence-electron chi connectivity index (χ4n) is 1.70. The molecule has 0 heterocycles. The van der Waals surface area contributed by atoms with Crippen LogP contribution in [0.3, 0.4) is 0 Å². The molecular formula is C15H12F2N2O2. The molecule has 0 aromatic heterocycles. The molecule has 0 aliphatic rings. The Morgan fingerprint density at radius 2 is 1.48 bits per heavy atom. The van der Waals surface area contributed by atoms with Crippen LogP contribution in [0.1, 0.15) is 15.9 Å².